The zero-order valence-corrected chi connectivity index (χ0v) is 7.84. The molecule has 0 saturated carbocycles. The number of carboxylic acid groups (broad SMARTS) is 1. The Kier molecular flexibility index (Phi) is 2.25. The lowest BCUT2D eigenvalue weighted by Gasteiger charge is -2.37. The first-order chi connectivity index (χ1) is 7.41. The van der Waals surface area contributed by atoms with Gasteiger partial charge in [0, 0.05) is 0 Å². The van der Waals surface area contributed by atoms with E-state index in [1.807, 2.05) is 0 Å². The Morgan fingerprint density at radius 3 is 2.81 bits per heavy atom. The summed E-state index contributed by atoms with van der Waals surface area (Å²) < 4.78 is 22.6. The van der Waals surface area contributed by atoms with Crippen LogP contribution in [0.3, 0.4) is 0 Å². The van der Waals surface area contributed by atoms with Gasteiger partial charge in [-0.1, -0.05) is 0 Å². The highest BCUT2D eigenvalue weighted by Crippen LogP contribution is 2.36. The Bertz CT molecular complexity index is 460. The summed E-state index contributed by atoms with van der Waals surface area (Å²) in [6.07, 6.45) is 0. The van der Waals surface area contributed by atoms with Crippen LogP contribution in [0.4, 0.5) is 4.39 Å². The first-order valence-corrected chi connectivity index (χ1v) is 4.37. The number of halogens is 1. The van der Waals surface area contributed by atoms with E-state index in [1.165, 1.54) is 0 Å². The van der Waals surface area contributed by atoms with Crippen molar-refractivity contribution in [2.24, 2.45) is 0 Å². The van der Waals surface area contributed by atoms with Gasteiger partial charge < -0.3 is 29.3 Å². The minimum absolute atomic E-state index is 0.0822. The average Bonchev–Trinajstić information content (AvgIpc) is 2.15. The largest absolute Gasteiger partial charge is 0.665 e. The Labute approximate surface area is 88.9 Å². The zero-order valence-electron chi connectivity index (χ0n) is 7.84. The predicted molar refractivity (Wildman–Crippen MR) is 47.0 cm³/mol. The Morgan fingerprint density at radius 2 is 2.19 bits per heavy atom. The third-order valence-electron chi connectivity index (χ3n) is 2.04. The summed E-state index contributed by atoms with van der Waals surface area (Å²) in [4.78, 5) is 10.7. The molecule has 0 saturated heterocycles. The Balaban J connectivity index is 2.58. The number of carbonyl (C=O) groups is 1. The molecule has 86 valence electrons. The molecule has 0 atom stereocenters. The van der Waals surface area contributed by atoms with Gasteiger partial charge >= 0.3 is 6.75 Å². The number of aromatic carboxylic acids is 1. The summed E-state index contributed by atoms with van der Waals surface area (Å²) >= 11 is 0. The van der Waals surface area contributed by atoms with E-state index in [-0.39, 0.29) is 5.75 Å². The van der Waals surface area contributed by atoms with Gasteiger partial charge in [0.25, 0.3) is 0 Å². The number of fused-ring (bicyclic) bond motifs is 1. The summed E-state index contributed by atoms with van der Waals surface area (Å²) in [6, 6.07) is 1.99. The molecule has 0 aromatic heterocycles. The van der Waals surface area contributed by atoms with Gasteiger partial charge in [-0.3, -0.25) is 0 Å². The van der Waals surface area contributed by atoms with Crippen LogP contribution < -0.4 is 14.5 Å². The predicted octanol–water partition coefficient (Wildman–Crippen LogP) is -1.58. The second-order valence-electron chi connectivity index (χ2n) is 3.32. The molecule has 0 bridgehead atoms. The fourth-order valence-electron chi connectivity index (χ4n) is 1.38. The van der Waals surface area contributed by atoms with Crippen LogP contribution in [0.25, 0.3) is 0 Å². The maximum Gasteiger partial charge on any atom is 0.467 e. The van der Waals surface area contributed by atoms with E-state index in [1.54, 1.807) is 0 Å². The van der Waals surface area contributed by atoms with Gasteiger partial charge in [0.15, 0.2) is 5.75 Å². The Morgan fingerprint density at radius 1 is 1.50 bits per heavy atom. The van der Waals surface area contributed by atoms with Crippen molar-refractivity contribution in [2.75, 3.05) is 6.51 Å². The quantitative estimate of drug-likeness (QED) is 0.563. The maximum absolute atomic E-state index is 13.2. The van der Waals surface area contributed by atoms with Gasteiger partial charge in [0.1, 0.15) is 11.6 Å². The molecule has 16 heavy (non-hydrogen) atoms. The fourth-order valence-corrected chi connectivity index (χ4v) is 1.38. The van der Waals surface area contributed by atoms with Gasteiger partial charge in [0.05, 0.1) is 18.0 Å². The number of carboxylic acids is 1. The topological polar surface area (TPSA) is 99.1 Å². The summed E-state index contributed by atoms with van der Waals surface area (Å²) in [7, 11) is 0. The summed E-state index contributed by atoms with van der Waals surface area (Å²) in [5, 5.41) is 29.0. The highest BCUT2D eigenvalue weighted by atomic mass is 19.1. The van der Waals surface area contributed by atoms with Crippen LogP contribution in [0, 0.1) is 5.82 Å². The highest BCUT2D eigenvalue weighted by molar-refractivity contribution is 6.58. The molecule has 0 fully saturated rings. The summed E-state index contributed by atoms with van der Waals surface area (Å²) in [5.41, 5.74) is -0.897. The smallest absolute Gasteiger partial charge is 0.467 e. The van der Waals surface area contributed by atoms with Gasteiger partial charge in [-0.25, -0.2) is 4.39 Å². The summed E-state index contributed by atoms with van der Waals surface area (Å²) in [5.74, 6) is -3.58. The lowest BCUT2D eigenvalue weighted by atomic mass is 9.80. The van der Waals surface area contributed by atoms with E-state index in [0.29, 0.717) is 0 Å². The number of hydrogen-bond donors (Lipinski definition) is 2. The van der Waals surface area contributed by atoms with Crippen molar-refractivity contribution in [1.82, 2.24) is 0 Å². The minimum Gasteiger partial charge on any atom is -0.665 e. The number of carbonyl (C=O) groups excluding carboxylic acids is 1. The first kappa shape index (κ1) is 10.7. The molecule has 6 nitrogen and oxygen atoms in total. The van der Waals surface area contributed by atoms with Crippen molar-refractivity contribution in [3.8, 4) is 11.5 Å². The number of benzene rings is 1. The molecule has 0 amide bonds. The first-order valence-electron chi connectivity index (χ1n) is 4.37. The van der Waals surface area contributed by atoms with Crippen molar-refractivity contribution >= 4 is 12.7 Å². The number of ether oxygens (including phenoxy) is 1. The molecular formula is C8H6BFO6-2. The molecular weight excluding hydrogens is 222 g/mol. The number of rotatable bonds is 1. The second kappa shape index (κ2) is 3.36. The van der Waals surface area contributed by atoms with Crippen LogP contribution in [-0.4, -0.2) is 29.3 Å². The normalized spacial score (nSPS) is 16.9. The average molecular weight is 228 g/mol. The van der Waals surface area contributed by atoms with Crippen molar-refractivity contribution in [3.05, 3.63) is 23.5 Å². The molecule has 2 N–H and O–H groups in total. The minimum atomic E-state index is -3.33. The number of hydrogen-bond acceptors (Lipinski definition) is 6. The van der Waals surface area contributed by atoms with E-state index in [4.69, 9.17) is 14.8 Å². The lowest BCUT2D eigenvalue weighted by Crippen LogP contribution is -2.51. The van der Waals surface area contributed by atoms with Crippen LogP contribution in [0.1, 0.15) is 10.4 Å². The van der Waals surface area contributed by atoms with E-state index in [2.05, 4.69) is 4.65 Å². The third-order valence-corrected chi connectivity index (χ3v) is 2.04. The van der Waals surface area contributed by atoms with Gasteiger partial charge in [-0.2, -0.15) is 0 Å². The molecule has 2 rings (SSSR count). The third kappa shape index (κ3) is 1.68. The standard InChI is InChI=1S/C8H7BFO6/c10-4-1-2-5-7(6(4)8(11)12)16-9(13,14)3-15-5/h1-2,13-14H,3H2,(H,11,12)/q-1/p-1. The van der Waals surface area contributed by atoms with Crippen LogP contribution >= 0.6 is 0 Å². The molecule has 0 spiro atoms. The monoisotopic (exact) mass is 228 g/mol. The van der Waals surface area contributed by atoms with E-state index in [9.17, 15) is 14.3 Å². The molecule has 1 aromatic rings. The molecule has 1 aromatic carbocycles. The van der Waals surface area contributed by atoms with E-state index < -0.39 is 36.4 Å². The van der Waals surface area contributed by atoms with E-state index >= 15 is 0 Å². The Hall–Kier alpha value is -1.80. The van der Waals surface area contributed by atoms with Crippen LogP contribution in [0.2, 0.25) is 0 Å². The van der Waals surface area contributed by atoms with Crippen molar-refractivity contribution in [3.63, 3.8) is 0 Å². The van der Waals surface area contributed by atoms with Gasteiger partial charge in [-0.15, -0.1) is 0 Å². The van der Waals surface area contributed by atoms with Gasteiger partial charge in [-0.05, 0) is 12.1 Å². The maximum atomic E-state index is 13.2. The molecule has 8 heteroatoms. The van der Waals surface area contributed by atoms with E-state index in [0.717, 1.165) is 12.1 Å². The molecule has 1 aliphatic heterocycles. The molecule has 0 unspecified atom stereocenters. The second-order valence-corrected chi connectivity index (χ2v) is 3.32. The van der Waals surface area contributed by atoms with Gasteiger partial charge in [0.2, 0.25) is 0 Å². The van der Waals surface area contributed by atoms with Crippen LogP contribution in [0.15, 0.2) is 12.1 Å². The van der Waals surface area contributed by atoms with Crippen molar-refractivity contribution < 1.29 is 33.7 Å². The highest BCUT2D eigenvalue weighted by Gasteiger charge is 2.32. The van der Waals surface area contributed by atoms with Crippen LogP contribution in [0.5, 0.6) is 11.5 Å². The fraction of sp³-hybridized carbons (Fsp3) is 0.125. The van der Waals surface area contributed by atoms with Crippen molar-refractivity contribution in [2.45, 2.75) is 0 Å². The summed E-state index contributed by atoms with van der Waals surface area (Å²) in [6.45, 7) is -3.88. The molecule has 1 aliphatic rings. The van der Waals surface area contributed by atoms with Crippen LogP contribution in [-0.2, 0) is 0 Å². The lowest BCUT2D eigenvalue weighted by molar-refractivity contribution is -0.255. The SMILES string of the molecule is O=C([O-])c1c(F)ccc2c1O[B-](O)(O)CO2. The molecule has 1 heterocycles. The van der Waals surface area contributed by atoms with Crippen molar-refractivity contribution in [1.29, 1.82) is 0 Å². The zero-order chi connectivity index (χ0) is 11.9. The molecule has 0 aliphatic carbocycles. The molecule has 0 radical (unpaired) electrons.